The number of pyridine rings is 1. The van der Waals surface area contributed by atoms with Crippen molar-refractivity contribution in [2.45, 2.75) is 91.9 Å². The first-order valence-corrected chi connectivity index (χ1v) is 24.8. The second-order valence-corrected chi connectivity index (χ2v) is 22.0. The molecular weight excluding hydrogens is 857 g/mol. The minimum absolute atomic E-state index is 0.168. The zero-order valence-electron chi connectivity index (χ0n) is 41.7. The number of imidazole rings is 2. The van der Waals surface area contributed by atoms with E-state index in [4.69, 9.17) is 14.4 Å². The highest BCUT2D eigenvalue weighted by Gasteiger charge is 2.31. The summed E-state index contributed by atoms with van der Waals surface area (Å²) in [6.07, 6.45) is 2.17. The predicted octanol–water partition coefficient (Wildman–Crippen LogP) is 17.6. The van der Waals surface area contributed by atoms with Gasteiger partial charge in [-0.1, -0.05) is 166 Å². The zero-order chi connectivity index (χ0) is 48.5. The number of para-hydroxylation sites is 2. The molecule has 0 spiro atoms. The maximum absolute atomic E-state index is 12.7. The van der Waals surface area contributed by atoms with Gasteiger partial charge in [-0.3, -0.25) is 8.97 Å². The molecule has 1 N–H and O–H groups in total. The molecule has 12 aromatic rings. The molecule has 12 rings (SSSR count). The fraction of sp³-hybridized carbons (Fsp3) is 0.219. The van der Waals surface area contributed by atoms with Crippen LogP contribution in [-0.2, 0) is 10.8 Å². The Balaban J connectivity index is 1.18. The van der Waals surface area contributed by atoms with Crippen LogP contribution in [0.25, 0.3) is 111 Å². The molecule has 4 aromatic heterocycles. The fourth-order valence-electron chi connectivity index (χ4n) is 10.9. The van der Waals surface area contributed by atoms with Crippen molar-refractivity contribution in [2.75, 3.05) is 0 Å². The SMILES string of the molecule is CC(C)c1cc(-c2ccccc2)cc(C(C)C)c1-n1c(-c2cc(C(C)(C)C)cc(C(C)(C)C)c2O)nc2c(-c3cn4c5ccccc5c5cc6c(cc5c4n3)oc3ccc4ccccc4c36)cccc21. The Kier molecular flexibility index (Phi) is 9.75. The summed E-state index contributed by atoms with van der Waals surface area (Å²) in [6.45, 7) is 22.4. The third-order valence-electron chi connectivity index (χ3n) is 14.6. The highest BCUT2D eigenvalue weighted by atomic mass is 16.3. The first-order chi connectivity index (χ1) is 33.5. The molecule has 4 heterocycles. The standard InChI is InChI=1S/C64H58N4O2/c1-36(2)45-29-40(38-19-12-11-13-20-38)30-46(37(3)4)59(45)68-54-26-18-24-44(58(54)66-62(68)50-31-41(63(5,6)7)32-51(60(50)69)64(8,9)10)52-35-67-53-25-17-16-23-43(53)47-33-49-56(34-48(47)61(67)65-52)70-55-28-27-39-21-14-15-22-42(39)57(49)55/h11-37,69H,1-10H3. The van der Waals surface area contributed by atoms with Gasteiger partial charge in [0.1, 0.15) is 28.4 Å². The second kappa shape index (κ2) is 15.7. The van der Waals surface area contributed by atoms with Crippen LogP contribution in [0, 0.1) is 0 Å². The number of benzene rings is 8. The van der Waals surface area contributed by atoms with Crippen LogP contribution in [-0.4, -0.2) is 24.0 Å². The minimum Gasteiger partial charge on any atom is -0.507 e. The number of aromatic nitrogens is 4. The Labute approximate surface area is 408 Å². The Bertz CT molecular complexity index is 4060. The molecule has 0 saturated carbocycles. The minimum atomic E-state index is -0.338. The maximum Gasteiger partial charge on any atom is 0.149 e. The van der Waals surface area contributed by atoms with Crippen LogP contribution in [0.4, 0.5) is 0 Å². The molecule has 0 fully saturated rings. The number of nitrogens with zero attached hydrogens (tertiary/aromatic N) is 4. The van der Waals surface area contributed by atoms with E-state index in [1.807, 2.05) is 0 Å². The maximum atomic E-state index is 12.7. The highest BCUT2D eigenvalue weighted by molar-refractivity contribution is 6.24. The van der Waals surface area contributed by atoms with E-state index >= 15 is 0 Å². The van der Waals surface area contributed by atoms with Gasteiger partial charge in [-0.25, -0.2) is 9.97 Å². The summed E-state index contributed by atoms with van der Waals surface area (Å²) in [5.41, 5.74) is 15.2. The zero-order valence-corrected chi connectivity index (χ0v) is 41.7. The second-order valence-electron chi connectivity index (χ2n) is 22.0. The smallest absolute Gasteiger partial charge is 0.149 e. The summed E-state index contributed by atoms with van der Waals surface area (Å²) in [7, 11) is 0. The number of phenols is 1. The van der Waals surface area contributed by atoms with Gasteiger partial charge in [0.05, 0.1) is 33.5 Å². The van der Waals surface area contributed by atoms with Crippen molar-refractivity contribution in [3.63, 3.8) is 0 Å². The van der Waals surface area contributed by atoms with E-state index in [2.05, 4.69) is 230 Å². The van der Waals surface area contributed by atoms with E-state index in [1.54, 1.807) is 0 Å². The molecule has 0 bridgehead atoms. The van der Waals surface area contributed by atoms with Crippen LogP contribution in [0.1, 0.15) is 103 Å². The molecule has 0 atom stereocenters. The Morgan fingerprint density at radius 3 is 1.94 bits per heavy atom. The van der Waals surface area contributed by atoms with Crippen LogP contribution in [0.2, 0.25) is 0 Å². The first-order valence-electron chi connectivity index (χ1n) is 24.8. The Hall–Kier alpha value is -7.70. The van der Waals surface area contributed by atoms with E-state index in [1.165, 1.54) is 33.0 Å². The van der Waals surface area contributed by atoms with Gasteiger partial charge in [-0.2, -0.15) is 0 Å². The average Bonchev–Trinajstić information content (AvgIpc) is 4.07. The molecule has 0 unspecified atom stereocenters. The van der Waals surface area contributed by atoms with Crippen molar-refractivity contribution in [1.82, 2.24) is 18.9 Å². The monoisotopic (exact) mass is 914 g/mol. The molecule has 8 aromatic carbocycles. The molecule has 0 aliphatic heterocycles. The summed E-state index contributed by atoms with van der Waals surface area (Å²) in [6, 6.07) is 52.1. The van der Waals surface area contributed by atoms with Crippen LogP contribution in [0.3, 0.4) is 0 Å². The van der Waals surface area contributed by atoms with Gasteiger partial charge >= 0.3 is 0 Å². The fourth-order valence-corrected chi connectivity index (χ4v) is 10.9. The summed E-state index contributed by atoms with van der Waals surface area (Å²) in [4.78, 5) is 11.3. The van der Waals surface area contributed by atoms with Gasteiger partial charge in [0.2, 0.25) is 0 Å². The van der Waals surface area contributed by atoms with Gasteiger partial charge in [0.15, 0.2) is 0 Å². The number of aromatic hydroxyl groups is 1. The lowest BCUT2D eigenvalue weighted by atomic mass is 9.78. The molecule has 70 heavy (non-hydrogen) atoms. The Morgan fingerprint density at radius 2 is 1.23 bits per heavy atom. The summed E-state index contributed by atoms with van der Waals surface area (Å²) >= 11 is 0. The first kappa shape index (κ1) is 43.6. The van der Waals surface area contributed by atoms with E-state index in [9.17, 15) is 5.11 Å². The van der Waals surface area contributed by atoms with Gasteiger partial charge in [0.25, 0.3) is 0 Å². The van der Waals surface area contributed by atoms with Crippen LogP contribution in [0.5, 0.6) is 5.75 Å². The summed E-state index contributed by atoms with van der Waals surface area (Å²) < 4.78 is 11.3. The third kappa shape index (κ3) is 6.75. The number of hydrogen-bond donors (Lipinski definition) is 1. The van der Waals surface area contributed by atoms with Crippen molar-refractivity contribution < 1.29 is 9.52 Å². The quantitative estimate of drug-likeness (QED) is 0.169. The number of phenolic OH excluding ortho intramolecular Hbond substituents is 1. The average molecular weight is 915 g/mol. The number of rotatable bonds is 6. The molecule has 0 amide bonds. The highest BCUT2D eigenvalue weighted by Crippen LogP contribution is 2.47. The van der Waals surface area contributed by atoms with Gasteiger partial charge in [-0.15, -0.1) is 0 Å². The molecule has 0 aliphatic rings. The predicted molar refractivity (Wildman–Crippen MR) is 293 cm³/mol. The molecule has 0 aliphatic carbocycles. The molecule has 0 saturated heterocycles. The van der Waals surface area contributed by atoms with Crippen LogP contribution in [0.15, 0.2) is 156 Å². The molecule has 6 nitrogen and oxygen atoms in total. The number of fused-ring (bicyclic) bond motifs is 12. The van der Waals surface area contributed by atoms with Crippen molar-refractivity contribution >= 4 is 71.1 Å². The Morgan fingerprint density at radius 1 is 0.543 bits per heavy atom. The van der Waals surface area contributed by atoms with Crippen LogP contribution >= 0.6 is 0 Å². The molecular formula is C64H58N4O2. The van der Waals surface area contributed by atoms with Crippen molar-refractivity contribution in [3.05, 3.63) is 174 Å². The number of furan rings is 1. The van der Waals surface area contributed by atoms with E-state index in [0.717, 1.165) is 88.4 Å². The summed E-state index contributed by atoms with van der Waals surface area (Å²) in [5.74, 6) is 1.29. The molecule has 6 heteroatoms. The summed E-state index contributed by atoms with van der Waals surface area (Å²) in [5, 5.41) is 20.6. The normalized spacial score (nSPS) is 12.7. The largest absolute Gasteiger partial charge is 0.507 e. The third-order valence-corrected chi connectivity index (χ3v) is 14.6. The van der Waals surface area contributed by atoms with E-state index in [-0.39, 0.29) is 28.4 Å². The molecule has 0 radical (unpaired) electrons. The van der Waals surface area contributed by atoms with Crippen LogP contribution < -0.4 is 0 Å². The lowest BCUT2D eigenvalue weighted by molar-refractivity contribution is 0.446. The van der Waals surface area contributed by atoms with E-state index in [0.29, 0.717) is 11.4 Å². The van der Waals surface area contributed by atoms with Crippen molar-refractivity contribution in [1.29, 1.82) is 0 Å². The van der Waals surface area contributed by atoms with Gasteiger partial charge in [-0.05, 0) is 115 Å². The number of hydrogen-bond acceptors (Lipinski definition) is 4. The lowest BCUT2D eigenvalue weighted by Gasteiger charge is -2.28. The van der Waals surface area contributed by atoms with Gasteiger partial charge in [0, 0.05) is 38.9 Å². The van der Waals surface area contributed by atoms with Crippen molar-refractivity contribution in [3.8, 4) is 45.2 Å². The topological polar surface area (TPSA) is 68.5 Å². The van der Waals surface area contributed by atoms with Crippen molar-refractivity contribution in [2.24, 2.45) is 0 Å². The lowest BCUT2D eigenvalue weighted by Crippen LogP contribution is -2.17. The van der Waals surface area contributed by atoms with Gasteiger partial charge < -0.3 is 9.52 Å². The van der Waals surface area contributed by atoms with E-state index < -0.39 is 0 Å². The molecule has 346 valence electrons.